The third-order valence-corrected chi connectivity index (χ3v) is 4.33. The zero-order valence-corrected chi connectivity index (χ0v) is 16.1. The summed E-state index contributed by atoms with van der Waals surface area (Å²) in [6.07, 6.45) is 2.68. The van der Waals surface area contributed by atoms with E-state index in [4.69, 9.17) is 4.74 Å². The molecule has 29 heavy (non-hydrogen) atoms. The molecule has 0 aliphatic rings. The number of hydrogen-bond donors (Lipinski definition) is 1. The summed E-state index contributed by atoms with van der Waals surface area (Å²) >= 11 is 0. The van der Waals surface area contributed by atoms with Crippen molar-refractivity contribution in [3.8, 4) is 11.5 Å². The van der Waals surface area contributed by atoms with Gasteiger partial charge in [0.05, 0.1) is 18.1 Å². The van der Waals surface area contributed by atoms with Gasteiger partial charge in [-0.1, -0.05) is 24.3 Å². The number of para-hydroxylation sites is 3. The number of fused-ring (bicyclic) bond motifs is 1. The number of aromatic nitrogens is 2. The molecule has 0 bridgehead atoms. The number of rotatable bonds is 8. The molecule has 0 aliphatic heterocycles. The predicted octanol–water partition coefficient (Wildman–Crippen LogP) is 3.78. The molecule has 3 aromatic rings. The quantitative estimate of drug-likeness (QED) is 0.584. The highest BCUT2D eigenvalue weighted by atomic mass is 19.3. The minimum atomic E-state index is -3.00. The molecule has 3 rings (SSSR count). The third-order valence-electron chi connectivity index (χ3n) is 4.33. The van der Waals surface area contributed by atoms with E-state index in [9.17, 15) is 13.6 Å². The van der Waals surface area contributed by atoms with Crippen LogP contribution in [-0.2, 0) is 11.3 Å². The Morgan fingerprint density at radius 3 is 2.79 bits per heavy atom. The van der Waals surface area contributed by atoms with Crippen molar-refractivity contribution in [3.05, 3.63) is 59.9 Å². The number of imidazole rings is 1. The molecule has 2 aromatic carbocycles. The van der Waals surface area contributed by atoms with Crippen molar-refractivity contribution in [3.63, 3.8) is 0 Å². The third kappa shape index (κ3) is 4.90. The Labute approximate surface area is 166 Å². The number of hydrogen-bond acceptors (Lipinski definition) is 4. The van der Waals surface area contributed by atoms with Gasteiger partial charge < -0.3 is 19.4 Å². The zero-order chi connectivity index (χ0) is 20.8. The Kier molecular flexibility index (Phi) is 6.43. The van der Waals surface area contributed by atoms with Gasteiger partial charge in [-0.2, -0.15) is 8.78 Å². The first-order valence-electron chi connectivity index (χ1n) is 8.99. The summed E-state index contributed by atoms with van der Waals surface area (Å²) in [5, 5.41) is 2.78. The second kappa shape index (κ2) is 9.18. The number of carbonyl (C=O) groups excluding carboxylic acids is 1. The van der Waals surface area contributed by atoms with Gasteiger partial charge in [0.25, 0.3) is 0 Å². The molecule has 1 heterocycles. The van der Waals surface area contributed by atoms with Crippen LogP contribution in [0.3, 0.4) is 0 Å². The number of nitrogens with one attached hydrogen (secondary N) is 1. The summed E-state index contributed by atoms with van der Waals surface area (Å²) in [7, 11) is 1.36. The lowest BCUT2D eigenvalue weighted by Crippen LogP contribution is -2.25. The molecule has 0 unspecified atom stereocenters. The summed E-state index contributed by atoms with van der Waals surface area (Å²) in [5.74, 6) is 0.559. The molecule has 0 saturated carbocycles. The molecule has 0 saturated heterocycles. The lowest BCUT2D eigenvalue weighted by Gasteiger charge is -2.12. The fraction of sp³-hybridized carbons (Fsp3) is 0.238. The average Bonchev–Trinajstić information content (AvgIpc) is 3.02. The van der Waals surface area contributed by atoms with Crippen molar-refractivity contribution >= 4 is 23.0 Å². The van der Waals surface area contributed by atoms with Gasteiger partial charge in [0.1, 0.15) is 5.82 Å². The van der Waals surface area contributed by atoms with Gasteiger partial charge in [0, 0.05) is 24.7 Å². The van der Waals surface area contributed by atoms with Crippen LogP contribution in [0.25, 0.3) is 17.1 Å². The largest absolute Gasteiger partial charge is 0.493 e. The van der Waals surface area contributed by atoms with Gasteiger partial charge in [0.15, 0.2) is 11.5 Å². The molecule has 0 aliphatic carbocycles. The van der Waals surface area contributed by atoms with Crippen molar-refractivity contribution in [2.75, 3.05) is 13.7 Å². The first-order valence-corrected chi connectivity index (χ1v) is 8.99. The molecule has 0 radical (unpaired) electrons. The van der Waals surface area contributed by atoms with E-state index in [-0.39, 0.29) is 17.4 Å². The standard InChI is InChI=1S/C21H21F2N3O3/c1-14-25-16-7-3-4-8-17(16)26(14)13-12-24-19(27)11-10-15-6-5-9-18(28-2)20(15)29-21(22)23/h3-11,21H,12-13H2,1-2H3,(H,24,27)/b11-10+. The number of ether oxygens (including phenoxy) is 2. The maximum atomic E-state index is 12.7. The number of aryl methyl sites for hydroxylation is 1. The van der Waals surface area contributed by atoms with E-state index >= 15 is 0 Å². The summed E-state index contributed by atoms with van der Waals surface area (Å²) in [5.41, 5.74) is 2.22. The van der Waals surface area contributed by atoms with Crippen LogP contribution in [0.15, 0.2) is 48.5 Å². The molecule has 1 amide bonds. The lowest BCUT2D eigenvalue weighted by molar-refractivity contribution is -0.116. The second-order valence-corrected chi connectivity index (χ2v) is 6.18. The fourth-order valence-corrected chi connectivity index (χ4v) is 3.03. The number of carbonyl (C=O) groups is 1. The maximum absolute atomic E-state index is 12.7. The topological polar surface area (TPSA) is 65.4 Å². The van der Waals surface area contributed by atoms with Crippen molar-refractivity contribution in [2.45, 2.75) is 20.1 Å². The van der Waals surface area contributed by atoms with Gasteiger partial charge >= 0.3 is 6.61 Å². The van der Waals surface area contributed by atoms with Crippen molar-refractivity contribution in [1.29, 1.82) is 0 Å². The highest BCUT2D eigenvalue weighted by Gasteiger charge is 2.14. The van der Waals surface area contributed by atoms with Gasteiger partial charge in [-0.05, 0) is 31.2 Å². The Hall–Kier alpha value is -3.42. The van der Waals surface area contributed by atoms with Crippen LogP contribution >= 0.6 is 0 Å². The molecule has 0 spiro atoms. The molecular formula is C21H21F2N3O3. The predicted molar refractivity (Wildman–Crippen MR) is 106 cm³/mol. The van der Waals surface area contributed by atoms with Crippen molar-refractivity contribution in [2.24, 2.45) is 0 Å². The summed E-state index contributed by atoms with van der Waals surface area (Å²) in [6.45, 7) is -0.136. The monoisotopic (exact) mass is 401 g/mol. The number of amides is 1. The van der Waals surface area contributed by atoms with E-state index in [0.717, 1.165) is 16.9 Å². The highest BCUT2D eigenvalue weighted by Crippen LogP contribution is 2.33. The smallest absolute Gasteiger partial charge is 0.387 e. The number of alkyl halides is 2. The fourth-order valence-electron chi connectivity index (χ4n) is 3.03. The Bertz CT molecular complexity index is 1030. The zero-order valence-electron chi connectivity index (χ0n) is 16.1. The molecule has 1 N–H and O–H groups in total. The van der Waals surface area contributed by atoms with Gasteiger partial charge in [-0.3, -0.25) is 4.79 Å². The Morgan fingerprint density at radius 1 is 1.24 bits per heavy atom. The molecule has 8 heteroatoms. The van der Waals surface area contributed by atoms with E-state index in [1.165, 1.54) is 25.3 Å². The SMILES string of the molecule is COc1cccc(/C=C/C(=O)NCCn2c(C)nc3ccccc32)c1OC(F)F. The molecule has 0 fully saturated rings. The minimum Gasteiger partial charge on any atom is -0.493 e. The van der Waals surface area contributed by atoms with Crippen molar-refractivity contribution in [1.82, 2.24) is 14.9 Å². The van der Waals surface area contributed by atoms with Gasteiger partial charge in [-0.15, -0.1) is 0 Å². The van der Waals surface area contributed by atoms with Crippen LogP contribution in [0, 0.1) is 6.92 Å². The van der Waals surface area contributed by atoms with Crippen LogP contribution in [-0.4, -0.2) is 35.7 Å². The molecule has 1 aromatic heterocycles. The van der Waals surface area contributed by atoms with E-state index in [1.54, 1.807) is 12.1 Å². The number of halogens is 2. The molecular weight excluding hydrogens is 380 g/mol. The summed E-state index contributed by atoms with van der Waals surface area (Å²) in [4.78, 5) is 16.6. The van der Waals surface area contributed by atoms with E-state index < -0.39 is 6.61 Å². The normalized spacial score (nSPS) is 11.3. The average molecular weight is 401 g/mol. The summed E-state index contributed by atoms with van der Waals surface area (Å²) < 4.78 is 36.9. The van der Waals surface area contributed by atoms with Crippen LogP contribution in [0.5, 0.6) is 11.5 Å². The first-order chi connectivity index (χ1) is 14.0. The minimum absolute atomic E-state index is 0.116. The van der Waals surface area contributed by atoms with E-state index in [2.05, 4.69) is 15.0 Å². The van der Waals surface area contributed by atoms with Crippen molar-refractivity contribution < 1.29 is 23.0 Å². The van der Waals surface area contributed by atoms with E-state index in [0.29, 0.717) is 18.7 Å². The second-order valence-electron chi connectivity index (χ2n) is 6.18. The Morgan fingerprint density at radius 2 is 2.03 bits per heavy atom. The van der Waals surface area contributed by atoms with Gasteiger partial charge in [-0.25, -0.2) is 4.98 Å². The first kappa shape index (κ1) is 20.3. The van der Waals surface area contributed by atoms with Gasteiger partial charge in [0.2, 0.25) is 5.91 Å². The van der Waals surface area contributed by atoms with Crippen LogP contribution in [0.4, 0.5) is 8.78 Å². The Balaban J connectivity index is 1.64. The van der Waals surface area contributed by atoms with Crippen LogP contribution in [0.1, 0.15) is 11.4 Å². The number of methoxy groups -OCH3 is 1. The van der Waals surface area contributed by atoms with E-state index in [1.807, 2.05) is 35.8 Å². The number of nitrogens with zero attached hydrogens (tertiary/aromatic N) is 2. The van der Waals surface area contributed by atoms with Crippen LogP contribution in [0.2, 0.25) is 0 Å². The maximum Gasteiger partial charge on any atom is 0.387 e. The molecule has 0 atom stereocenters. The number of benzene rings is 2. The molecule has 6 nitrogen and oxygen atoms in total. The lowest BCUT2D eigenvalue weighted by atomic mass is 10.1. The van der Waals surface area contributed by atoms with Crippen LogP contribution < -0.4 is 14.8 Å². The summed E-state index contributed by atoms with van der Waals surface area (Å²) in [6, 6.07) is 12.5. The highest BCUT2D eigenvalue weighted by molar-refractivity contribution is 5.92. The molecule has 152 valence electrons.